The van der Waals surface area contributed by atoms with Crippen molar-refractivity contribution in [2.45, 2.75) is 26.4 Å². The highest BCUT2D eigenvalue weighted by Crippen LogP contribution is 2.28. The molecule has 0 aliphatic carbocycles. The number of nitrogens with one attached hydrogen (secondary N) is 1. The van der Waals surface area contributed by atoms with Crippen molar-refractivity contribution >= 4 is 10.9 Å². The molecule has 3 aromatic rings. The number of ether oxygens (including phenoxy) is 2. The van der Waals surface area contributed by atoms with Gasteiger partial charge in [0.1, 0.15) is 11.8 Å². The summed E-state index contributed by atoms with van der Waals surface area (Å²) in [6.07, 6.45) is 0. The number of pyridine rings is 1. The SMILES string of the molecule is CCOc1ccc2[nH]c(=O)c(C(c3nnnn3CCOC)N3CCN(CC)CC3)cc2c1. The molecule has 10 nitrogen and oxygen atoms in total. The number of aromatic amines is 1. The van der Waals surface area contributed by atoms with Gasteiger partial charge >= 0.3 is 0 Å². The van der Waals surface area contributed by atoms with Gasteiger partial charge in [-0.2, -0.15) is 0 Å². The molecule has 10 heteroatoms. The van der Waals surface area contributed by atoms with Crippen molar-refractivity contribution in [3.8, 4) is 5.75 Å². The summed E-state index contributed by atoms with van der Waals surface area (Å²) in [4.78, 5) is 21.0. The quantitative estimate of drug-likeness (QED) is 0.530. The maximum absolute atomic E-state index is 13.2. The zero-order valence-corrected chi connectivity index (χ0v) is 19.0. The Kier molecular flexibility index (Phi) is 7.13. The molecule has 0 bridgehead atoms. The normalized spacial score (nSPS) is 16.5. The number of hydrogen-bond acceptors (Lipinski definition) is 8. The van der Waals surface area contributed by atoms with E-state index >= 15 is 0 Å². The van der Waals surface area contributed by atoms with Gasteiger partial charge in [-0.15, -0.1) is 5.10 Å². The topological polar surface area (TPSA) is 101 Å². The van der Waals surface area contributed by atoms with E-state index in [1.165, 1.54) is 0 Å². The number of fused-ring (bicyclic) bond motifs is 1. The lowest BCUT2D eigenvalue weighted by atomic mass is 10.0. The van der Waals surface area contributed by atoms with E-state index in [9.17, 15) is 4.79 Å². The first-order chi connectivity index (χ1) is 15.6. The van der Waals surface area contributed by atoms with E-state index in [-0.39, 0.29) is 11.6 Å². The second-order valence-electron chi connectivity index (χ2n) is 7.86. The van der Waals surface area contributed by atoms with E-state index < -0.39 is 0 Å². The fourth-order valence-corrected chi connectivity index (χ4v) is 4.24. The van der Waals surface area contributed by atoms with Crippen molar-refractivity contribution in [1.29, 1.82) is 0 Å². The van der Waals surface area contributed by atoms with E-state index in [2.05, 4.69) is 37.2 Å². The highest BCUT2D eigenvalue weighted by Gasteiger charge is 2.32. The van der Waals surface area contributed by atoms with Crippen molar-refractivity contribution in [2.75, 3.05) is 53.0 Å². The predicted molar refractivity (Wildman–Crippen MR) is 121 cm³/mol. The summed E-state index contributed by atoms with van der Waals surface area (Å²) >= 11 is 0. The summed E-state index contributed by atoms with van der Waals surface area (Å²) < 4.78 is 12.6. The number of rotatable bonds is 9. The van der Waals surface area contributed by atoms with E-state index in [4.69, 9.17) is 9.47 Å². The molecule has 1 aliphatic rings. The highest BCUT2D eigenvalue weighted by atomic mass is 16.5. The molecule has 2 aromatic heterocycles. The van der Waals surface area contributed by atoms with Gasteiger partial charge in [-0.05, 0) is 48.2 Å². The Morgan fingerprint density at radius 2 is 1.97 bits per heavy atom. The molecule has 0 spiro atoms. The number of hydrogen-bond donors (Lipinski definition) is 1. The van der Waals surface area contributed by atoms with Crippen LogP contribution in [-0.4, -0.2) is 88.0 Å². The first-order valence-electron chi connectivity index (χ1n) is 11.2. The summed E-state index contributed by atoms with van der Waals surface area (Å²) in [6.45, 7) is 10.2. The fourth-order valence-electron chi connectivity index (χ4n) is 4.24. The lowest BCUT2D eigenvalue weighted by Crippen LogP contribution is -2.49. The zero-order chi connectivity index (χ0) is 22.5. The molecule has 1 atom stereocenters. The number of likely N-dealkylation sites (N-methyl/N-ethyl adjacent to an activating group) is 1. The van der Waals surface area contributed by atoms with E-state index in [1.54, 1.807) is 11.8 Å². The Bertz CT molecular complexity index is 1090. The van der Waals surface area contributed by atoms with Gasteiger partial charge < -0.3 is 19.4 Å². The highest BCUT2D eigenvalue weighted by molar-refractivity contribution is 5.80. The smallest absolute Gasteiger partial charge is 0.253 e. The maximum Gasteiger partial charge on any atom is 0.253 e. The van der Waals surface area contributed by atoms with Crippen LogP contribution in [0.4, 0.5) is 0 Å². The molecular formula is C22H31N7O3. The second-order valence-corrected chi connectivity index (χ2v) is 7.86. The van der Waals surface area contributed by atoms with Gasteiger partial charge in [-0.25, -0.2) is 4.68 Å². The third kappa shape index (κ3) is 4.67. The first kappa shape index (κ1) is 22.4. The number of H-pyrrole nitrogens is 1. The van der Waals surface area contributed by atoms with Gasteiger partial charge in [0, 0.05) is 49.8 Å². The maximum atomic E-state index is 13.2. The second kappa shape index (κ2) is 10.2. The van der Waals surface area contributed by atoms with Crippen LogP contribution in [0.5, 0.6) is 5.75 Å². The predicted octanol–water partition coefficient (Wildman–Crippen LogP) is 1.29. The molecule has 1 aliphatic heterocycles. The molecular weight excluding hydrogens is 410 g/mol. The van der Waals surface area contributed by atoms with Gasteiger partial charge in [0.15, 0.2) is 5.82 Å². The number of methoxy groups -OCH3 is 1. The molecule has 0 radical (unpaired) electrons. The summed E-state index contributed by atoms with van der Waals surface area (Å²) in [5.74, 6) is 1.42. The Balaban J connectivity index is 1.79. The molecule has 32 heavy (non-hydrogen) atoms. The molecule has 0 saturated carbocycles. The van der Waals surface area contributed by atoms with Crippen LogP contribution in [-0.2, 0) is 11.3 Å². The molecule has 1 fully saturated rings. The van der Waals surface area contributed by atoms with Crippen LogP contribution in [0.2, 0.25) is 0 Å². The van der Waals surface area contributed by atoms with E-state index in [0.717, 1.165) is 49.4 Å². The third-order valence-electron chi connectivity index (χ3n) is 5.98. The molecule has 172 valence electrons. The van der Waals surface area contributed by atoms with Crippen LogP contribution in [0.1, 0.15) is 31.3 Å². The van der Waals surface area contributed by atoms with E-state index in [1.807, 2.05) is 31.2 Å². The lowest BCUT2D eigenvalue weighted by molar-refractivity contribution is 0.106. The average Bonchev–Trinajstić information content (AvgIpc) is 3.27. The van der Waals surface area contributed by atoms with Crippen molar-refractivity contribution in [3.05, 3.63) is 46.0 Å². The number of tetrazole rings is 1. The summed E-state index contributed by atoms with van der Waals surface area (Å²) in [6, 6.07) is 7.29. The van der Waals surface area contributed by atoms with Crippen LogP contribution < -0.4 is 10.3 Å². The summed E-state index contributed by atoms with van der Waals surface area (Å²) in [5.41, 5.74) is 1.27. The Morgan fingerprint density at radius 3 is 2.69 bits per heavy atom. The lowest BCUT2D eigenvalue weighted by Gasteiger charge is -2.38. The van der Waals surface area contributed by atoms with Crippen LogP contribution in [0.3, 0.4) is 0 Å². The average molecular weight is 442 g/mol. The van der Waals surface area contributed by atoms with Crippen molar-refractivity contribution < 1.29 is 9.47 Å². The number of piperazine rings is 1. The summed E-state index contributed by atoms with van der Waals surface area (Å²) in [7, 11) is 1.65. The molecule has 1 saturated heterocycles. The molecule has 3 heterocycles. The number of nitrogens with zero attached hydrogens (tertiary/aromatic N) is 6. The number of benzene rings is 1. The number of aromatic nitrogens is 5. The van der Waals surface area contributed by atoms with Gasteiger partial charge in [0.25, 0.3) is 5.56 Å². The van der Waals surface area contributed by atoms with Crippen molar-refractivity contribution in [3.63, 3.8) is 0 Å². The van der Waals surface area contributed by atoms with Crippen LogP contribution in [0.15, 0.2) is 29.1 Å². The minimum atomic E-state index is -0.357. The molecule has 1 aromatic carbocycles. The van der Waals surface area contributed by atoms with Crippen molar-refractivity contribution in [2.24, 2.45) is 0 Å². The minimum Gasteiger partial charge on any atom is -0.494 e. The Labute approximate surface area is 187 Å². The van der Waals surface area contributed by atoms with Crippen LogP contribution >= 0.6 is 0 Å². The molecule has 4 rings (SSSR count). The zero-order valence-electron chi connectivity index (χ0n) is 19.0. The Hall–Kier alpha value is -2.82. The molecule has 0 amide bonds. The van der Waals surface area contributed by atoms with E-state index in [0.29, 0.717) is 31.1 Å². The van der Waals surface area contributed by atoms with Crippen LogP contribution in [0, 0.1) is 0 Å². The van der Waals surface area contributed by atoms with Gasteiger partial charge in [-0.1, -0.05) is 6.92 Å². The monoisotopic (exact) mass is 441 g/mol. The third-order valence-corrected chi connectivity index (χ3v) is 5.98. The molecule has 1 N–H and O–H groups in total. The summed E-state index contributed by atoms with van der Waals surface area (Å²) in [5, 5.41) is 13.3. The first-order valence-corrected chi connectivity index (χ1v) is 11.2. The fraction of sp³-hybridized carbons (Fsp3) is 0.545. The minimum absolute atomic E-state index is 0.133. The largest absolute Gasteiger partial charge is 0.494 e. The standard InChI is InChI=1S/C22H31N7O3/c1-4-27-8-10-28(11-9-27)20(21-24-25-26-29(21)12-13-31-3)18-15-16-14-17(32-5-2)6-7-19(16)23-22(18)30/h6-7,14-15,20H,4-5,8-13H2,1-3H3,(H,23,30). The van der Waals surface area contributed by atoms with Crippen molar-refractivity contribution in [1.82, 2.24) is 35.0 Å². The van der Waals surface area contributed by atoms with Gasteiger partial charge in [0.05, 0.1) is 19.8 Å². The van der Waals surface area contributed by atoms with Gasteiger partial charge in [-0.3, -0.25) is 9.69 Å². The van der Waals surface area contributed by atoms with Gasteiger partial charge in [0.2, 0.25) is 0 Å². The van der Waals surface area contributed by atoms with Crippen LogP contribution in [0.25, 0.3) is 10.9 Å². The molecule has 1 unspecified atom stereocenters. The Morgan fingerprint density at radius 1 is 1.16 bits per heavy atom.